The van der Waals surface area contributed by atoms with E-state index in [-0.39, 0.29) is 41.1 Å². The number of piperazine rings is 1. The van der Waals surface area contributed by atoms with E-state index in [1.807, 2.05) is 59.5 Å². The molecular weight excluding hydrogens is 641 g/mol. The molecule has 49 heavy (non-hydrogen) atoms. The van der Waals surface area contributed by atoms with Crippen LogP contribution in [-0.4, -0.2) is 71.8 Å². The number of hydrogen-bond donors (Lipinski definition) is 2. The van der Waals surface area contributed by atoms with Gasteiger partial charge in [0.05, 0.1) is 10.9 Å². The molecule has 4 aromatic rings. The molecule has 3 aromatic carbocycles. The molecule has 11 heteroatoms. The third kappa shape index (κ3) is 8.23. The highest BCUT2D eigenvalue weighted by molar-refractivity contribution is 7.89. The van der Waals surface area contributed by atoms with Crippen molar-refractivity contribution in [2.45, 2.75) is 55.5 Å². The van der Waals surface area contributed by atoms with Gasteiger partial charge in [-0.1, -0.05) is 72.8 Å². The van der Waals surface area contributed by atoms with E-state index >= 15 is 0 Å². The minimum Gasteiger partial charge on any atom is -0.481 e. The first-order chi connectivity index (χ1) is 23.7. The average molecular weight is 681 g/mol. The summed E-state index contributed by atoms with van der Waals surface area (Å²) in [4.78, 5) is 46.1. The molecule has 0 radical (unpaired) electrons. The quantitative estimate of drug-likeness (QED) is 0.231. The van der Waals surface area contributed by atoms with Gasteiger partial charge in [0.15, 0.2) is 0 Å². The summed E-state index contributed by atoms with van der Waals surface area (Å²) in [6.45, 7) is 1.20. The molecule has 254 valence electrons. The summed E-state index contributed by atoms with van der Waals surface area (Å²) in [7, 11) is -3.76. The standard InChI is InChI=1S/C38H40N4O6S/c43-36(44)22-11-27-9-12-28(13-10-27)29-16-20-33(21-17-29)49(47,48)40-32-18-14-31(15-19-32)37(45)42-25-24-41(38(46)34-8-4-5-23-39-34)26-35(42)30-6-2-1-3-7-30/h1-10,12-13,16-17,20-21,23,31-32,35,40H,11,14-15,18-19,22,24-26H2,(H,43,44). The largest absolute Gasteiger partial charge is 0.481 e. The number of nitrogens with zero attached hydrogens (tertiary/aromatic N) is 3. The van der Waals surface area contributed by atoms with Gasteiger partial charge in [0, 0.05) is 44.2 Å². The Morgan fingerprint density at radius 3 is 2.08 bits per heavy atom. The number of rotatable bonds is 10. The summed E-state index contributed by atoms with van der Waals surface area (Å²) in [5.74, 6) is -1.17. The molecule has 1 atom stereocenters. The second kappa shape index (κ2) is 15.1. The fourth-order valence-corrected chi connectivity index (χ4v) is 8.07. The van der Waals surface area contributed by atoms with Crippen molar-refractivity contribution >= 4 is 27.8 Å². The topological polar surface area (TPSA) is 137 Å². The molecule has 10 nitrogen and oxygen atoms in total. The molecule has 1 unspecified atom stereocenters. The van der Waals surface area contributed by atoms with E-state index in [0.29, 0.717) is 57.4 Å². The van der Waals surface area contributed by atoms with Crippen LogP contribution in [0.2, 0.25) is 0 Å². The molecule has 1 aromatic heterocycles. The van der Waals surface area contributed by atoms with Crippen LogP contribution in [0.4, 0.5) is 0 Å². The number of benzene rings is 3. The monoisotopic (exact) mass is 680 g/mol. The number of carbonyl (C=O) groups is 3. The summed E-state index contributed by atoms with van der Waals surface area (Å²) < 4.78 is 29.5. The zero-order valence-electron chi connectivity index (χ0n) is 27.1. The molecule has 0 spiro atoms. The summed E-state index contributed by atoms with van der Waals surface area (Å²) >= 11 is 0. The van der Waals surface area contributed by atoms with Crippen molar-refractivity contribution in [3.8, 4) is 11.1 Å². The van der Waals surface area contributed by atoms with Crippen molar-refractivity contribution in [1.82, 2.24) is 19.5 Å². The van der Waals surface area contributed by atoms with Gasteiger partial charge in [-0.25, -0.2) is 13.1 Å². The van der Waals surface area contributed by atoms with Crippen LogP contribution in [0.25, 0.3) is 11.1 Å². The molecule has 6 rings (SSSR count). The first kappa shape index (κ1) is 34.0. The third-order valence-electron chi connectivity index (χ3n) is 9.50. The Labute approximate surface area is 286 Å². The smallest absolute Gasteiger partial charge is 0.303 e. The van der Waals surface area contributed by atoms with Gasteiger partial charge in [0.2, 0.25) is 15.9 Å². The molecule has 1 saturated heterocycles. The number of nitrogens with one attached hydrogen (secondary N) is 1. The fourth-order valence-electron chi connectivity index (χ4n) is 6.76. The van der Waals surface area contributed by atoms with Gasteiger partial charge in [-0.2, -0.15) is 0 Å². The minimum atomic E-state index is -3.76. The molecule has 0 bridgehead atoms. The van der Waals surface area contributed by atoms with Crippen molar-refractivity contribution in [3.63, 3.8) is 0 Å². The first-order valence-electron chi connectivity index (χ1n) is 16.7. The van der Waals surface area contributed by atoms with Gasteiger partial charge < -0.3 is 14.9 Å². The molecule has 2 fully saturated rings. The van der Waals surface area contributed by atoms with E-state index in [1.165, 1.54) is 0 Å². The number of carboxylic acids is 1. The maximum Gasteiger partial charge on any atom is 0.303 e. The van der Waals surface area contributed by atoms with Crippen LogP contribution in [0.3, 0.4) is 0 Å². The molecular formula is C38H40N4O6S. The van der Waals surface area contributed by atoms with Crippen molar-refractivity contribution in [3.05, 3.63) is 120 Å². The van der Waals surface area contributed by atoms with Crippen LogP contribution < -0.4 is 4.72 Å². The molecule has 2 heterocycles. The van der Waals surface area contributed by atoms with Crippen LogP contribution in [0, 0.1) is 5.92 Å². The molecule has 2 amide bonds. The second-order valence-electron chi connectivity index (χ2n) is 12.7. The summed E-state index contributed by atoms with van der Waals surface area (Å²) in [5.41, 5.74) is 4.05. The Balaban J connectivity index is 1.05. The van der Waals surface area contributed by atoms with Crippen molar-refractivity contribution in [1.29, 1.82) is 0 Å². The zero-order chi connectivity index (χ0) is 34.4. The number of hydrogen-bond acceptors (Lipinski definition) is 6. The summed E-state index contributed by atoms with van der Waals surface area (Å²) in [6.07, 6.45) is 4.37. The van der Waals surface area contributed by atoms with Crippen molar-refractivity contribution < 1.29 is 27.9 Å². The SMILES string of the molecule is O=C(O)CCc1ccc(-c2ccc(S(=O)(=O)NC3CCC(C(=O)N4CCN(C(=O)c5ccccn5)CC4c4ccccc4)CC3)cc2)cc1. The molecule has 1 aliphatic carbocycles. The van der Waals surface area contributed by atoms with E-state index in [9.17, 15) is 22.8 Å². The Morgan fingerprint density at radius 2 is 1.45 bits per heavy atom. The van der Waals surface area contributed by atoms with Gasteiger partial charge in [-0.05, 0) is 78.6 Å². The second-order valence-corrected chi connectivity index (χ2v) is 14.4. The maximum absolute atomic E-state index is 14.0. The van der Waals surface area contributed by atoms with E-state index in [2.05, 4.69) is 9.71 Å². The molecule has 1 aliphatic heterocycles. The van der Waals surface area contributed by atoms with Crippen molar-refractivity contribution in [2.75, 3.05) is 19.6 Å². The van der Waals surface area contributed by atoms with Gasteiger partial charge in [-0.15, -0.1) is 0 Å². The number of aryl methyl sites for hydroxylation is 1. The molecule has 2 aliphatic rings. The number of carboxylic acid groups (broad SMARTS) is 1. The lowest BCUT2D eigenvalue weighted by Crippen LogP contribution is -2.54. The Morgan fingerprint density at radius 1 is 0.796 bits per heavy atom. The van der Waals surface area contributed by atoms with Gasteiger partial charge >= 0.3 is 5.97 Å². The van der Waals surface area contributed by atoms with E-state index in [1.54, 1.807) is 53.6 Å². The Bertz CT molecular complexity index is 1860. The average Bonchev–Trinajstić information content (AvgIpc) is 3.14. The number of pyridine rings is 1. The predicted octanol–water partition coefficient (Wildman–Crippen LogP) is 5.33. The summed E-state index contributed by atoms with van der Waals surface area (Å²) in [5, 5.41) is 8.90. The number of carbonyl (C=O) groups excluding carboxylic acids is 2. The van der Waals surface area contributed by atoms with Gasteiger partial charge in [-0.3, -0.25) is 19.4 Å². The Kier molecular flexibility index (Phi) is 10.5. The van der Waals surface area contributed by atoms with Crippen LogP contribution >= 0.6 is 0 Å². The van der Waals surface area contributed by atoms with Crippen LogP contribution in [0.15, 0.2) is 108 Å². The zero-order valence-corrected chi connectivity index (χ0v) is 28.0. The lowest BCUT2D eigenvalue weighted by Gasteiger charge is -2.43. The minimum absolute atomic E-state index is 0.0469. The number of amides is 2. The highest BCUT2D eigenvalue weighted by Crippen LogP contribution is 2.33. The lowest BCUT2D eigenvalue weighted by molar-refractivity contribution is -0.141. The van der Waals surface area contributed by atoms with Crippen molar-refractivity contribution in [2.24, 2.45) is 5.92 Å². The lowest BCUT2D eigenvalue weighted by atomic mass is 9.85. The highest BCUT2D eigenvalue weighted by Gasteiger charge is 2.38. The van der Waals surface area contributed by atoms with Crippen LogP contribution in [0.1, 0.15) is 59.8 Å². The first-order valence-corrected chi connectivity index (χ1v) is 18.2. The van der Waals surface area contributed by atoms with Gasteiger partial charge in [0.25, 0.3) is 5.91 Å². The van der Waals surface area contributed by atoms with Crippen LogP contribution in [-0.2, 0) is 26.0 Å². The summed E-state index contributed by atoms with van der Waals surface area (Å²) in [6, 6.07) is 28.8. The number of aliphatic carboxylic acids is 1. The molecule has 1 saturated carbocycles. The number of sulfonamides is 1. The maximum atomic E-state index is 14.0. The predicted molar refractivity (Wildman–Crippen MR) is 185 cm³/mol. The van der Waals surface area contributed by atoms with E-state index in [4.69, 9.17) is 5.11 Å². The van der Waals surface area contributed by atoms with E-state index in [0.717, 1.165) is 22.3 Å². The normalized spacial score (nSPS) is 19.7. The van der Waals surface area contributed by atoms with E-state index < -0.39 is 16.0 Å². The Hall–Kier alpha value is -4.87. The molecule has 2 N–H and O–H groups in total. The van der Waals surface area contributed by atoms with Gasteiger partial charge in [0.1, 0.15) is 5.69 Å². The fraction of sp³-hybridized carbons (Fsp3) is 0.316. The van der Waals surface area contributed by atoms with Crippen LogP contribution in [0.5, 0.6) is 0 Å². The third-order valence-corrected chi connectivity index (χ3v) is 11.0. The number of aromatic nitrogens is 1. The highest BCUT2D eigenvalue weighted by atomic mass is 32.2.